The summed E-state index contributed by atoms with van der Waals surface area (Å²) in [5.41, 5.74) is 0. The fourth-order valence-corrected chi connectivity index (χ4v) is 8.99. The van der Waals surface area contributed by atoms with Crippen LogP contribution in [-0.2, 0) is 23.8 Å². The van der Waals surface area contributed by atoms with Gasteiger partial charge in [-0.25, -0.2) is 0 Å². The summed E-state index contributed by atoms with van der Waals surface area (Å²) in [6, 6.07) is -1.06. The van der Waals surface area contributed by atoms with Crippen molar-refractivity contribution < 1.29 is 49.3 Å². The van der Waals surface area contributed by atoms with Crippen LogP contribution >= 0.6 is 0 Å². The molecule has 1 rings (SSSR count). The van der Waals surface area contributed by atoms with Crippen LogP contribution in [0, 0.1) is 0 Å². The molecule has 0 radical (unpaired) electrons. The Morgan fingerprint density at radius 1 is 0.512 bits per heavy atom. The molecule has 1 amide bonds. The van der Waals surface area contributed by atoms with Gasteiger partial charge in [0.1, 0.15) is 24.4 Å². The summed E-state index contributed by atoms with van der Waals surface area (Å²) in [5.74, 6) is -1.26. The van der Waals surface area contributed by atoms with Gasteiger partial charge in [-0.1, -0.05) is 264 Å². The zero-order valence-electron chi connectivity index (χ0n) is 50.1. The number of ether oxygens (including phenoxy) is 3. The van der Waals surface area contributed by atoms with E-state index in [-0.39, 0.29) is 19.4 Å². The predicted molar refractivity (Wildman–Crippen MR) is 333 cm³/mol. The third kappa shape index (κ3) is 42.6. The van der Waals surface area contributed by atoms with E-state index in [0.717, 1.165) is 109 Å². The summed E-state index contributed by atoms with van der Waals surface area (Å²) in [7, 11) is 0. The fraction of sp³-hybridized carbons (Fsp3) is 0.652. The number of allylic oxidation sites excluding steroid dienone is 21. The molecule has 11 nitrogen and oxygen atoms in total. The smallest absolute Gasteiger partial charge is 0.306 e. The highest BCUT2D eigenvalue weighted by Gasteiger charge is 2.47. The maximum Gasteiger partial charge on any atom is 0.306 e. The molecule has 11 heteroatoms. The van der Waals surface area contributed by atoms with Gasteiger partial charge in [0.05, 0.1) is 25.4 Å². The van der Waals surface area contributed by atoms with Crippen LogP contribution in [0.1, 0.15) is 226 Å². The van der Waals surface area contributed by atoms with Gasteiger partial charge >= 0.3 is 5.97 Å². The molecular formula is C69H113NO10. The third-order valence-electron chi connectivity index (χ3n) is 13.9. The number of carbonyl (C=O) groups excluding carboxylic acids is 2. The molecule has 0 aromatic heterocycles. The molecular weight excluding hydrogens is 1000 g/mol. The molecule has 454 valence electrons. The minimum Gasteiger partial charge on any atom is -0.454 e. The predicted octanol–water partition coefficient (Wildman–Crippen LogP) is 15.2. The van der Waals surface area contributed by atoms with Crippen LogP contribution < -0.4 is 5.32 Å². The number of esters is 1. The van der Waals surface area contributed by atoms with Gasteiger partial charge in [-0.05, 0) is 89.9 Å². The molecule has 0 aromatic carbocycles. The Morgan fingerprint density at radius 3 is 1.50 bits per heavy atom. The number of unbranched alkanes of at least 4 members (excludes halogenated alkanes) is 21. The van der Waals surface area contributed by atoms with Crippen molar-refractivity contribution in [2.45, 2.75) is 275 Å². The number of hydrogen-bond acceptors (Lipinski definition) is 10. The van der Waals surface area contributed by atoms with Crippen molar-refractivity contribution in [3.63, 3.8) is 0 Å². The van der Waals surface area contributed by atoms with Crippen LogP contribution in [0.4, 0.5) is 0 Å². The van der Waals surface area contributed by atoms with E-state index in [2.05, 4.69) is 92.9 Å². The Bertz CT molecular complexity index is 1810. The number of carbonyl (C=O) groups is 2. The molecule has 1 saturated heterocycles. The lowest BCUT2D eigenvalue weighted by molar-refractivity contribution is -0.305. The van der Waals surface area contributed by atoms with Crippen molar-refractivity contribution in [3.05, 3.63) is 134 Å². The monoisotopic (exact) mass is 1120 g/mol. The fourth-order valence-electron chi connectivity index (χ4n) is 8.99. The van der Waals surface area contributed by atoms with E-state index in [1.807, 2.05) is 60.8 Å². The van der Waals surface area contributed by atoms with Crippen LogP contribution in [0.5, 0.6) is 0 Å². The van der Waals surface area contributed by atoms with Crippen LogP contribution in [0.25, 0.3) is 0 Å². The number of rotatable bonds is 51. The molecule has 0 aliphatic carbocycles. The van der Waals surface area contributed by atoms with Crippen LogP contribution in [0.15, 0.2) is 134 Å². The van der Waals surface area contributed by atoms with Gasteiger partial charge in [0.25, 0.3) is 0 Å². The molecule has 1 aliphatic rings. The summed E-state index contributed by atoms with van der Waals surface area (Å²) < 4.78 is 17.6. The van der Waals surface area contributed by atoms with Crippen LogP contribution in [-0.4, -0.2) is 99.6 Å². The van der Waals surface area contributed by atoms with Crippen molar-refractivity contribution >= 4 is 11.9 Å². The molecule has 8 atom stereocenters. The molecule has 0 spiro atoms. The molecule has 8 unspecified atom stereocenters. The summed E-state index contributed by atoms with van der Waals surface area (Å²) >= 11 is 0. The average molecular weight is 1120 g/mol. The van der Waals surface area contributed by atoms with Crippen molar-refractivity contribution in [2.24, 2.45) is 0 Å². The Labute approximate surface area is 486 Å². The van der Waals surface area contributed by atoms with E-state index in [0.29, 0.717) is 12.8 Å². The Morgan fingerprint density at radius 2 is 0.963 bits per heavy atom. The number of amides is 1. The highest BCUT2D eigenvalue weighted by atomic mass is 16.7. The molecule has 80 heavy (non-hydrogen) atoms. The molecule has 0 bridgehead atoms. The molecule has 1 heterocycles. The topological polar surface area (TPSA) is 175 Å². The van der Waals surface area contributed by atoms with Crippen LogP contribution in [0.2, 0.25) is 0 Å². The van der Waals surface area contributed by atoms with E-state index in [9.17, 15) is 35.1 Å². The normalized spacial score (nSPS) is 19.7. The first-order chi connectivity index (χ1) is 39.2. The number of nitrogens with one attached hydrogen (secondary N) is 1. The lowest BCUT2D eigenvalue weighted by atomic mass is 9.99. The van der Waals surface area contributed by atoms with E-state index in [1.165, 1.54) is 70.6 Å². The largest absolute Gasteiger partial charge is 0.454 e. The summed E-state index contributed by atoms with van der Waals surface area (Å²) in [6.45, 7) is 5.48. The van der Waals surface area contributed by atoms with Crippen molar-refractivity contribution in [1.29, 1.82) is 0 Å². The SMILES string of the molecule is CC/C=C\C/C=C\C/C=C\C/C=C\C/C=C\CCCCCCCCCCCC(=O)OC1C(OCC(NC(=O)C(O)CCCC/C=C/C=C\C=C/C=C/C=C/CC)C(O)/C=C/CCCCCCCCCCCC)OC(CO)C(O)C1O. The lowest BCUT2D eigenvalue weighted by Gasteiger charge is -2.41. The summed E-state index contributed by atoms with van der Waals surface area (Å²) in [4.78, 5) is 26.5. The molecule has 0 aromatic rings. The van der Waals surface area contributed by atoms with Crippen molar-refractivity contribution in [2.75, 3.05) is 13.2 Å². The highest BCUT2D eigenvalue weighted by Crippen LogP contribution is 2.26. The van der Waals surface area contributed by atoms with Gasteiger partial charge in [-0.3, -0.25) is 9.59 Å². The van der Waals surface area contributed by atoms with Crippen molar-refractivity contribution in [1.82, 2.24) is 5.32 Å². The molecule has 1 fully saturated rings. The minimum atomic E-state index is -1.63. The minimum absolute atomic E-state index is 0.102. The second-order valence-corrected chi connectivity index (χ2v) is 21.1. The van der Waals surface area contributed by atoms with Gasteiger partial charge in [0, 0.05) is 6.42 Å². The molecule has 6 N–H and O–H groups in total. The van der Waals surface area contributed by atoms with Gasteiger partial charge < -0.3 is 45.1 Å². The second-order valence-electron chi connectivity index (χ2n) is 21.1. The average Bonchev–Trinajstić information content (AvgIpc) is 3.46. The number of hydrogen-bond donors (Lipinski definition) is 6. The van der Waals surface area contributed by atoms with E-state index in [4.69, 9.17) is 14.2 Å². The third-order valence-corrected chi connectivity index (χ3v) is 13.9. The van der Waals surface area contributed by atoms with Crippen LogP contribution in [0.3, 0.4) is 0 Å². The Hall–Kier alpha value is -4.20. The number of aliphatic hydroxyl groups excluding tert-OH is 5. The number of aliphatic hydroxyl groups is 5. The lowest BCUT2D eigenvalue weighted by Crippen LogP contribution is -2.61. The Balaban J connectivity index is 2.65. The summed E-state index contributed by atoms with van der Waals surface area (Å²) in [5, 5.41) is 56.9. The zero-order chi connectivity index (χ0) is 58.2. The van der Waals surface area contributed by atoms with E-state index >= 15 is 0 Å². The quantitative estimate of drug-likeness (QED) is 0.0149. The van der Waals surface area contributed by atoms with Gasteiger partial charge in [0.15, 0.2) is 12.4 Å². The summed E-state index contributed by atoms with van der Waals surface area (Å²) in [6.07, 6.45) is 67.8. The highest BCUT2D eigenvalue weighted by molar-refractivity contribution is 5.80. The first-order valence-corrected chi connectivity index (χ1v) is 31.5. The second kappa shape index (κ2) is 55.3. The maximum absolute atomic E-state index is 13.4. The molecule has 0 saturated carbocycles. The molecule has 1 aliphatic heterocycles. The Kier molecular flexibility index (Phi) is 51.1. The van der Waals surface area contributed by atoms with Gasteiger partial charge in [-0.15, -0.1) is 0 Å². The standard InChI is InChI=1S/C69H113NO10/c1-4-7-10-13-16-19-22-25-27-28-29-30-31-32-33-34-35-36-37-39-42-45-48-51-54-57-64(74)80-67-66(76)65(75)63(58-71)79-69(67)78-59-60(61(72)55-52-49-46-43-40-24-21-18-15-12-9-6-3)70-68(77)62(73)56-53-50-47-44-41-38-26-23-20-17-14-11-8-5-2/h7-8,10-11,14,16-17,19-20,23,25-27,29-30,32-33,38,41,44,52,55,60-63,65-67,69,71-73,75-76H,4-6,9,12-13,15,18,21-22,24,28,31,34-37,39-40,42-43,45-51,53-54,56-59H2,1-3H3,(H,70,77)/b10-7-,11-8+,17-14+,19-16-,23-20-,27-25-,30-29-,33-32-,38-26-,44-41+,55-52+. The zero-order valence-corrected chi connectivity index (χ0v) is 50.1. The van der Waals surface area contributed by atoms with Crippen molar-refractivity contribution in [3.8, 4) is 0 Å². The van der Waals surface area contributed by atoms with Gasteiger partial charge in [-0.2, -0.15) is 0 Å². The van der Waals surface area contributed by atoms with E-state index < -0.39 is 67.4 Å². The first-order valence-electron chi connectivity index (χ1n) is 31.5. The first kappa shape index (κ1) is 73.8. The van der Waals surface area contributed by atoms with E-state index in [1.54, 1.807) is 6.08 Å². The maximum atomic E-state index is 13.4. The van der Waals surface area contributed by atoms with Gasteiger partial charge in [0.2, 0.25) is 5.91 Å².